The first-order chi connectivity index (χ1) is 15.3. The van der Waals surface area contributed by atoms with Crippen molar-refractivity contribution in [1.82, 2.24) is 5.32 Å². The van der Waals surface area contributed by atoms with Gasteiger partial charge in [0, 0.05) is 17.3 Å². The van der Waals surface area contributed by atoms with Crippen LogP contribution in [-0.2, 0) is 0 Å². The van der Waals surface area contributed by atoms with Gasteiger partial charge in [0.1, 0.15) is 5.75 Å². The minimum Gasteiger partial charge on any atom is -0.493 e. The molecule has 1 atom stereocenters. The molecule has 4 rings (SSSR count). The third-order valence-corrected chi connectivity index (χ3v) is 5.97. The lowest BCUT2D eigenvalue weighted by molar-refractivity contribution is 0.344. The van der Waals surface area contributed by atoms with E-state index in [0.29, 0.717) is 12.5 Å². The first kappa shape index (κ1) is 21.1. The molecule has 1 unspecified atom stereocenters. The first-order valence-electron chi connectivity index (χ1n) is 11.3. The number of hydrogen-bond donors (Lipinski definition) is 1. The summed E-state index contributed by atoms with van der Waals surface area (Å²) in [7, 11) is 0. The lowest BCUT2D eigenvalue weighted by Crippen LogP contribution is -2.22. The molecule has 158 valence electrons. The van der Waals surface area contributed by atoms with Gasteiger partial charge >= 0.3 is 0 Å². The van der Waals surface area contributed by atoms with Crippen molar-refractivity contribution in [3.05, 3.63) is 114 Å². The summed E-state index contributed by atoms with van der Waals surface area (Å²) in [5.41, 5.74) is 4.05. The zero-order valence-electron chi connectivity index (χ0n) is 18.4. The third-order valence-electron chi connectivity index (χ3n) is 5.97. The highest BCUT2D eigenvalue weighted by atomic mass is 16.5. The largest absolute Gasteiger partial charge is 0.493 e. The summed E-state index contributed by atoms with van der Waals surface area (Å²) in [5, 5.41) is 6.21. The van der Waals surface area contributed by atoms with Gasteiger partial charge in [-0.25, -0.2) is 0 Å². The number of rotatable bonds is 9. The average molecular weight is 410 g/mol. The molecular weight excluding hydrogens is 378 g/mol. The minimum absolute atomic E-state index is 0.257. The smallest absolute Gasteiger partial charge is 0.127 e. The van der Waals surface area contributed by atoms with Gasteiger partial charge in [0.15, 0.2) is 0 Å². The Bertz CT molecular complexity index is 1050. The van der Waals surface area contributed by atoms with Crippen LogP contribution in [0.15, 0.2) is 97.1 Å². The molecule has 1 N–H and O–H groups in total. The topological polar surface area (TPSA) is 21.3 Å². The zero-order chi connectivity index (χ0) is 21.5. The highest BCUT2D eigenvalue weighted by Crippen LogP contribution is 2.32. The van der Waals surface area contributed by atoms with Crippen molar-refractivity contribution in [2.24, 2.45) is 0 Å². The van der Waals surface area contributed by atoms with Crippen molar-refractivity contribution >= 4 is 10.8 Å². The van der Waals surface area contributed by atoms with Crippen LogP contribution in [0.1, 0.15) is 48.9 Å². The Morgan fingerprint density at radius 2 is 1.29 bits per heavy atom. The van der Waals surface area contributed by atoms with E-state index < -0.39 is 0 Å². The molecular formula is C29H31NO. The fourth-order valence-corrected chi connectivity index (χ4v) is 4.40. The van der Waals surface area contributed by atoms with Crippen LogP contribution in [0.5, 0.6) is 5.75 Å². The molecule has 4 aromatic rings. The molecule has 0 saturated heterocycles. The van der Waals surface area contributed by atoms with Crippen molar-refractivity contribution in [2.75, 3.05) is 13.2 Å². The average Bonchev–Trinajstić information content (AvgIpc) is 2.83. The molecule has 0 amide bonds. The Morgan fingerprint density at radius 1 is 0.710 bits per heavy atom. The second-order valence-corrected chi connectivity index (χ2v) is 7.97. The lowest BCUT2D eigenvalue weighted by Gasteiger charge is -2.22. The van der Waals surface area contributed by atoms with Gasteiger partial charge in [-0.05, 0) is 55.0 Å². The second kappa shape index (κ2) is 10.3. The van der Waals surface area contributed by atoms with Gasteiger partial charge in [-0.1, -0.05) is 91.0 Å². The number of benzene rings is 4. The summed E-state index contributed by atoms with van der Waals surface area (Å²) in [6.45, 7) is 5.90. The monoisotopic (exact) mass is 409 g/mol. The van der Waals surface area contributed by atoms with Crippen molar-refractivity contribution in [2.45, 2.75) is 32.2 Å². The minimum atomic E-state index is 0.257. The lowest BCUT2D eigenvalue weighted by atomic mass is 9.88. The van der Waals surface area contributed by atoms with Gasteiger partial charge in [-0.3, -0.25) is 0 Å². The van der Waals surface area contributed by atoms with Gasteiger partial charge < -0.3 is 10.1 Å². The molecule has 0 radical (unpaired) electrons. The number of fused-ring (bicyclic) bond motifs is 1. The molecule has 0 saturated carbocycles. The quantitative estimate of drug-likeness (QED) is 0.318. The molecule has 0 aliphatic carbocycles. The molecule has 0 aromatic heterocycles. The Kier molecular flexibility index (Phi) is 7.01. The van der Waals surface area contributed by atoms with Crippen LogP contribution in [0.2, 0.25) is 0 Å². The second-order valence-electron chi connectivity index (χ2n) is 7.97. The van der Waals surface area contributed by atoms with Crippen LogP contribution >= 0.6 is 0 Å². The maximum absolute atomic E-state index is 5.84. The van der Waals surface area contributed by atoms with Crippen LogP contribution < -0.4 is 10.1 Å². The van der Waals surface area contributed by atoms with Gasteiger partial charge in [0.25, 0.3) is 0 Å². The molecule has 31 heavy (non-hydrogen) atoms. The Labute approximate surface area is 185 Å². The normalized spacial score (nSPS) is 12.2. The number of nitrogens with one attached hydrogen (secondary N) is 1. The van der Waals surface area contributed by atoms with E-state index in [1.165, 1.54) is 27.5 Å². The molecule has 0 bridgehead atoms. The highest BCUT2D eigenvalue weighted by Gasteiger charge is 2.16. The molecule has 0 fully saturated rings. The summed E-state index contributed by atoms with van der Waals surface area (Å²) in [5.74, 6) is 1.35. The van der Waals surface area contributed by atoms with Crippen molar-refractivity contribution in [1.29, 1.82) is 0 Å². The maximum atomic E-state index is 5.84. The van der Waals surface area contributed by atoms with Crippen molar-refractivity contribution in [3.8, 4) is 5.75 Å². The van der Waals surface area contributed by atoms with E-state index in [2.05, 4.69) is 109 Å². The molecule has 0 aliphatic rings. The van der Waals surface area contributed by atoms with Crippen molar-refractivity contribution < 1.29 is 4.74 Å². The maximum Gasteiger partial charge on any atom is 0.127 e. The molecule has 0 spiro atoms. The highest BCUT2D eigenvalue weighted by molar-refractivity contribution is 5.91. The van der Waals surface area contributed by atoms with E-state index in [4.69, 9.17) is 4.74 Å². The van der Waals surface area contributed by atoms with Crippen LogP contribution in [0, 0.1) is 0 Å². The Balaban J connectivity index is 1.50. The SMILES string of the molecule is CCOc1ccc(C(C)NCCC(c2ccccc2)c2ccccc2)c2ccccc12. The predicted octanol–water partition coefficient (Wildman–Crippen LogP) is 7.11. The Morgan fingerprint density at radius 3 is 1.90 bits per heavy atom. The summed E-state index contributed by atoms with van der Waals surface area (Å²) >= 11 is 0. The Hall–Kier alpha value is -3.10. The van der Waals surface area contributed by atoms with E-state index in [1.807, 2.05) is 6.92 Å². The molecule has 2 heteroatoms. The molecule has 0 aliphatic heterocycles. The summed E-state index contributed by atoms with van der Waals surface area (Å²) in [6.07, 6.45) is 1.05. The summed E-state index contributed by atoms with van der Waals surface area (Å²) in [4.78, 5) is 0. The van der Waals surface area contributed by atoms with E-state index in [-0.39, 0.29) is 6.04 Å². The molecule has 4 aromatic carbocycles. The first-order valence-corrected chi connectivity index (χ1v) is 11.3. The summed E-state index contributed by atoms with van der Waals surface area (Å²) in [6, 6.07) is 34.8. The molecule has 0 heterocycles. The fourth-order valence-electron chi connectivity index (χ4n) is 4.40. The van der Waals surface area contributed by atoms with E-state index >= 15 is 0 Å². The predicted molar refractivity (Wildman–Crippen MR) is 131 cm³/mol. The van der Waals surface area contributed by atoms with Gasteiger partial charge in [-0.15, -0.1) is 0 Å². The van der Waals surface area contributed by atoms with Gasteiger partial charge in [0.2, 0.25) is 0 Å². The summed E-state index contributed by atoms with van der Waals surface area (Å²) < 4.78 is 5.84. The van der Waals surface area contributed by atoms with Gasteiger partial charge in [0.05, 0.1) is 6.61 Å². The third kappa shape index (κ3) is 4.98. The van der Waals surface area contributed by atoms with Crippen LogP contribution in [0.4, 0.5) is 0 Å². The standard InChI is InChI=1S/C29H31NO/c1-3-31-29-19-18-25(27-16-10-11-17-28(27)29)22(2)30-21-20-26(23-12-6-4-7-13-23)24-14-8-5-9-15-24/h4-19,22,26,30H,3,20-21H2,1-2H3. The number of ether oxygens (including phenoxy) is 1. The van der Waals surface area contributed by atoms with Crippen molar-refractivity contribution in [3.63, 3.8) is 0 Å². The van der Waals surface area contributed by atoms with E-state index in [1.54, 1.807) is 0 Å². The van der Waals surface area contributed by atoms with Gasteiger partial charge in [-0.2, -0.15) is 0 Å². The zero-order valence-corrected chi connectivity index (χ0v) is 18.4. The van der Waals surface area contributed by atoms with Crippen LogP contribution in [-0.4, -0.2) is 13.2 Å². The fraction of sp³-hybridized carbons (Fsp3) is 0.241. The van der Waals surface area contributed by atoms with Crippen LogP contribution in [0.3, 0.4) is 0 Å². The number of hydrogen-bond acceptors (Lipinski definition) is 2. The molecule has 2 nitrogen and oxygen atoms in total. The van der Waals surface area contributed by atoms with Crippen LogP contribution in [0.25, 0.3) is 10.8 Å². The van der Waals surface area contributed by atoms with E-state index in [0.717, 1.165) is 18.7 Å². The van der Waals surface area contributed by atoms with E-state index in [9.17, 15) is 0 Å².